The molecule has 1 aliphatic rings. The summed E-state index contributed by atoms with van der Waals surface area (Å²) >= 11 is 0. The third-order valence-corrected chi connectivity index (χ3v) is 5.58. The quantitative estimate of drug-likeness (QED) is 0.486. The fraction of sp³-hybridized carbons (Fsp3) is 0.429. The Hall–Kier alpha value is -3.11. The minimum absolute atomic E-state index is 0.0811. The van der Waals surface area contributed by atoms with Crippen LogP contribution in [0.4, 0.5) is 22.0 Å². The zero-order valence-electron chi connectivity index (χ0n) is 16.8. The zero-order valence-corrected chi connectivity index (χ0v) is 16.8. The minimum Gasteiger partial charge on any atom is -0.441 e. The van der Waals surface area contributed by atoms with Crippen LogP contribution >= 0.6 is 0 Å². The Morgan fingerprint density at radius 1 is 1.16 bits per heavy atom. The van der Waals surface area contributed by atoms with Crippen molar-refractivity contribution in [2.75, 3.05) is 0 Å². The van der Waals surface area contributed by atoms with Crippen LogP contribution in [0.3, 0.4) is 0 Å². The summed E-state index contributed by atoms with van der Waals surface area (Å²) < 4.78 is 72.9. The smallest absolute Gasteiger partial charge is 0.418 e. The fourth-order valence-corrected chi connectivity index (χ4v) is 4.05. The average Bonchev–Trinajstić information content (AvgIpc) is 3.26. The Morgan fingerprint density at radius 3 is 2.59 bits per heavy atom. The van der Waals surface area contributed by atoms with Crippen LogP contribution in [-0.4, -0.2) is 19.7 Å². The monoisotopic (exact) mass is 454 g/mol. The highest BCUT2D eigenvalue weighted by Crippen LogP contribution is 2.35. The number of halogens is 5. The summed E-state index contributed by atoms with van der Waals surface area (Å²) in [4.78, 5) is 20.5. The predicted octanol–water partition coefficient (Wildman–Crippen LogP) is 5.35. The molecule has 170 valence electrons. The molecule has 0 aliphatic heterocycles. The third kappa shape index (κ3) is 4.42. The second kappa shape index (κ2) is 8.79. The first-order chi connectivity index (χ1) is 15.3. The van der Waals surface area contributed by atoms with Crippen LogP contribution in [0.15, 0.2) is 40.0 Å². The van der Waals surface area contributed by atoms with Gasteiger partial charge in [0.05, 0.1) is 17.8 Å². The summed E-state index contributed by atoms with van der Waals surface area (Å²) in [6.07, 6.45) is -1.36. The number of nitrogens with zero attached hydrogens (tertiary/aromatic N) is 4. The van der Waals surface area contributed by atoms with Crippen molar-refractivity contribution in [1.82, 2.24) is 19.7 Å². The largest absolute Gasteiger partial charge is 0.441 e. The molecule has 0 radical (unpaired) electrons. The van der Waals surface area contributed by atoms with E-state index >= 15 is 0 Å². The van der Waals surface area contributed by atoms with Gasteiger partial charge in [0.15, 0.2) is 17.8 Å². The van der Waals surface area contributed by atoms with Gasteiger partial charge in [-0.05, 0) is 37.0 Å². The molecule has 0 aromatic carbocycles. The van der Waals surface area contributed by atoms with Crippen LogP contribution in [0, 0.1) is 0 Å². The molecular formula is C21H19F5N4O2. The van der Waals surface area contributed by atoms with E-state index in [0.29, 0.717) is 18.4 Å². The van der Waals surface area contributed by atoms with Crippen molar-refractivity contribution < 1.29 is 26.4 Å². The molecule has 0 bridgehead atoms. The molecule has 3 heterocycles. The molecule has 0 N–H and O–H groups in total. The van der Waals surface area contributed by atoms with Gasteiger partial charge in [0.1, 0.15) is 5.69 Å². The van der Waals surface area contributed by atoms with Gasteiger partial charge in [0.2, 0.25) is 0 Å². The Kier molecular flexibility index (Phi) is 6.07. The van der Waals surface area contributed by atoms with Gasteiger partial charge in [-0.2, -0.15) is 18.3 Å². The number of rotatable bonds is 5. The molecular weight excluding hydrogens is 435 g/mol. The van der Waals surface area contributed by atoms with Crippen molar-refractivity contribution >= 4 is 0 Å². The molecule has 6 nitrogen and oxygen atoms in total. The molecule has 1 fully saturated rings. The summed E-state index contributed by atoms with van der Waals surface area (Å²) in [6.45, 7) is -0.569. The van der Waals surface area contributed by atoms with Crippen molar-refractivity contribution in [2.45, 2.75) is 57.2 Å². The highest BCUT2D eigenvalue weighted by atomic mass is 19.4. The van der Waals surface area contributed by atoms with Crippen LogP contribution in [0.2, 0.25) is 0 Å². The maximum absolute atomic E-state index is 13.4. The van der Waals surface area contributed by atoms with E-state index in [4.69, 9.17) is 4.42 Å². The van der Waals surface area contributed by atoms with Crippen LogP contribution in [0.5, 0.6) is 0 Å². The van der Waals surface area contributed by atoms with E-state index in [2.05, 4.69) is 15.1 Å². The van der Waals surface area contributed by atoms with Gasteiger partial charge >= 0.3 is 6.18 Å². The molecule has 0 atom stereocenters. The number of hydrogen-bond acceptors (Lipinski definition) is 5. The molecule has 3 aromatic rings. The molecule has 1 saturated carbocycles. The first kappa shape index (κ1) is 22.1. The summed E-state index contributed by atoms with van der Waals surface area (Å²) in [7, 11) is 0. The van der Waals surface area contributed by atoms with Gasteiger partial charge < -0.3 is 4.42 Å². The lowest BCUT2D eigenvalue weighted by molar-refractivity contribution is -0.138. The first-order valence-electron chi connectivity index (χ1n) is 10.1. The maximum atomic E-state index is 13.4. The normalized spacial score (nSPS) is 15.4. The lowest BCUT2D eigenvalue weighted by Crippen LogP contribution is -2.30. The van der Waals surface area contributed by atoms with Crippen LogP contribution < -0.4 is 5.56 Å². The lowest BCUT2D eigenvalue weighted by Gasteiger charge is -2.22. The number of aromatic nitrogens is 4. The molecule has 4 rings (SSSR count). The Balaban J connectivity index is 1.85. The van der Waals surface area contributed by atoms with E-state index in [-0.39, 0.29) is 17.4 Å². The molecule has 1 aliphatic carbocycles. The Morgan fingerprint density at radius 2 is 1.91 bits per heavy atom. The number of oxazole rings is 1. The molecule has 32 heavy (non-hydrogen) atoms. The highest BCUT2D eigenvalue weighted by molar-refractivity contribution is 5.55. The van der Waals surface area contributed by atoms with Crippen molar-refractivity contribution in [3.8, 4) is 11.5 Å². The zero-order chi connectivity index (χ0) is 22.9. The summed E-state index contributed by atoms with van der Waals surface area (Å²) in [5.41, 5.74) is -2.37. The molecule has 11 heteroatoms. The van der Waals surface area contributed by atoms with E-state index in [9.17, 15) is 26.7 Å². The summed E-state index contributed by atoms with van der Waals surface area (Å²) in [5.74, 6) is -0.462. The number of alkyl halides is 5. The van der Waals surface area contributed by atoms with Crippen LogP contribution in [-0.2, 0) is 12.7 Å². The maximum Gasteiger partial charge on any atom is 0.418 e. The van der Waals surface area contributed by atoms with E-state index in [0.717, 1.165) is 42.5 Å². The third-order valence-electron chi connectivity index (χ3n) is 5.58. The SMILES string of the molecule is O=c1c(C2CCCCC2)cc(-c2ocnc2C(F)F)nn1Cc1ncccc1C(F)(F)F. The molecule has 3 aromatic heterocycles. The van der Waals surface area contributed by atoms with Crippen LogP contribution in [0.25, 0.3) is 11.5 Å². The average molecular weight is 454 g/mol. The first-order valence-corrected chi connectivity index (χ1v) is 10.1. The Labute approximate surface area is 179 Å². The van der Waals surface area contributed by atoms with Crippen molar-refractivity contribution in [2.24, 2.45) is 0 Å². The fourth-order valence-electron chi connectivity index (χ4n) is 4.05. The predicted molar refractivity (Wildman–Crippen MR) is 103 cm³/mol. The highest BCUT2D eigenvalue weighted by Gasteiger charge is 2.34. The van der Waals surface area contributed by atoms with Gasteiger partial charge in [0, 0.05) is 11.8 Å². The van der Waals surface area contributed by atoms with E-state index in [1.54, 1.807) is 0 Å². The number of pyridine rings is 1. The minimum atomic E-state index is -4.68. The van der Waals surface area contributed by atoms with Gasteiger partial charge in [-0.15, -0.1) is 0 Å². The summed E-state index contributed by atoms with van der Waals surface area (Å²) in [6, 6.07) is 3.41. The molecule has 0 spiro atoms. The standard InChI is InChI=1S/C21H19F5N4O2/c22-19(23)17-18(32-11-28-17)15-9-13(12-5-2-1-3-6-12)20(31)30(29-15)10-16-14(21(24,25)26)7-4-8-27-16/h4,7-9,11-12,19H,1-3,5-6,10H2. The van der Waals surface area contributed by atoms with E-state index < -0.39 is 41.7 Å². The molecule has 0 unspecified atom stereocenters. The van der Waals surface area contributed by atoms with Gasteiger partial charge in [-0.3, -0.25) is 9.78 Å². The number of hydrogen-bond donors (Lipinski definition) is 0. The van der Waals surface area contributed by atoms with Crippen LogP contribution in [0.1, 0.15) is 67.0 Å². The van der Waals surface area contributed by atoms with Gasteiger partial charge in [0.25, 0.3) is 12.0 Å². The van der Waals surface area contributed by atoms with E-state index in [1.807, 2.05) is 0 Å². The summed E-state index contributed by atoms with van der Waals surface area (Å²) in [5, 5.41) is 4.06. The van der Waals surface area contributed by atoms with Crippen molar-refractivity contribution in [3.63, 3.8) is 0 Å². The lowest BCUT2D eigenvalue weighted by atomic mass is 9.84. The van der Waals surface area contributed by atoms with E-state index in [1.165, 1.54) is 12.3 Å². The van der Waals surface area contributed by atoms with Crippen molar-refractivity contribution in [3.05, 3.63) is 63.7 Å². The second-order valence-electron chi connectivity index (χ2n) is 7.65. The van der Waals surface area contributed by atoms with Crippen molar-refractivity contribution in [1.29, 1.82) is 0 Å². The van der Waals surface area contributed by atoms with Gasteiger partial charge in [-0.1, -0.05) is 19.3 Å². The topological polar surface area (TPSA) is 73.8 Å². The van der Waals surface area contributed by atoms with Gasteiger partial charge in [-0.25, -0.2) is 18.4 Å². The molecule has 0 saturated heterocycles. The molecule has 0 amide bonds. The Bertz CT molecular complexity index is 1150. The second-order valence-corrected chi connectivity index (χ2v) is 7.65.